The van der Waals surface area contributed by atoms with Crippen molar-refractivity contribution in [1.29, 1.82) is 0 Å². The molecule has 3 aliphatic heterocycles. The number of amides is 2. The molecule has 3 heterocycles. The van der Waals surface area contributed by atoms with E-state index in [0.717, 1.165) is 57.1 Å². The predicted molar refractivity (Wildman–Crippen MR) is 422 cm³/mol. The lowest BCUT2D eigenvalue weighted by Crippen LogP contribution is -2.30. The Bertz CT molecular complexity index is 2030. The molecule has 0 aromatic rings. The Balaban J connectivity index is 0.000000759. The second kappa shape index (κ2) is 64.3. The maximum absolute atomic E-state index is 12.1. The van der Waals surface area contributed by atoms with Crippen molar-refractivity contribution in [2.45, 2.75) is 371 Å². The summed E-state index contributed by atoms with van der Waals surface area (Å²) < 4.78 is 53.3. The van der Waals surface area contributed by atoms with Gasteiger partial charge in [-0.1, -0.05) is 290 Å². The van der Waals surface area contributed by atoms with Crippen molar-refractivity contribution in [3.8, 4) is 0 Å². The van der Waals surface area contributed by atoms with Crippen molar-refractivity contribution in [3.05, 3.63) is 0 Å². The molecule has 3 fully saturated rings. The molecule has 2 amide bonds. The summed E-state index contributed by atoms with van der Waals surface area (Å²) in [4.78, 5) is 65.2. The molecule has 6 N–H and O–H groups in total. The van der Waals surface area contributed by atoms with Crippen LogP contribution in [-0.4, -0.2) is 164 Å². The van der Waals surface area contributed by atoms with Crippen LogP contribution in [0, 0.1) is 0 Å². The highest BCUT2D eigenvalue weighted by molar-refractivity contribution is 8.00. The molecule has 98 heavy (non-hydrogen) atoms. The topological polar surface area (TPSA) is 237 Å². The minimum Gasteiger partial charge on any atom is -0.373 e. The minimum absolute atomic E-state index is 0.0250. The van der Waals surface area contributed by atoms with E-state index in [1.807, 2.05) is 6.92 Å². The van der Waals surface area contributed by atoms with Gasteiger partial charge < -0.3 is 71.0 Å². The Kier molecular flexibility index (Phi) is 63.0. The molecule has 0 bridgehead atoms. The van der Waals surface area contributed by atoms with Crippen molar-refractivity contribution in [3.63, 3.8) is 0 Å². The highest BCUT2D eigenvalue weighted by Gasteiger charge is 2.38. The van der Waals surface area contributed by atoms with Crippen molar-refractivity contribution in [2.75, 3.05) is 72.7 Å². The fourth-order valence-electron chi connectivity index (χ4n) is 12.4. The van der Waals surface area contributed by atoms with Gasteiger partial charge in [0, 0.05) is 53.2 Å². The largest absolute Gasteiger partial charge is 0.373 e. The van der Waals surface area contributed by atoms with Crippen LogP contribution in [0.2, 0.25) is 0 Å². The maximum Gasteiger partial charge on any atom is 0.248 e. The first-order chi connectivity index (χ1) is 47.3. The Labute approximate surface area is 605 Å². The van der Waals surface area contributed by atoms with Gasteiger partial charge in [-0.15, -0.1) is 11.8 Å². The van der Waals surface area contributed by atoms with Gasteiger partial charge in [0.25, 0.3) is 0 Å². The second-order valence-corrected chi connectivity index (χ2v) is 36.2. The molecule has 0 aromatic heterocycles. The number of nitrogens with two attached hydrogens (primary N) is 1. The van der Waals surface area contributed by atoms with Crippen LogP contribution >= 0.6 is 42.0 Å². The van der Waals surface area contributed by atoms with E-state index in [-0.39, 0.29) is 30.3 Å². The molecule has 9 unspecified atom stereocenters. The molecular formula is C75H152N2O16P4S. The van der Waals surface area contributed by atoms with Crippen LogP contribution in [0.25, 0.3) is 0 Å². The van der Waals surface area contributed by atoms with Gasteiger partial charge in [0.05, 0.1) is 43.9 Å². The molecule has 18 nitrogen and oxygen atoms in total. The monoisotopic (exact) mass is 1490 g/mol. The molecule has 3 saturated heterocycles. The Morgan fingerprint density at radius 2 is 0.735 bits per heavy atom. The van der Waals surface area contributed by atoms with Crippen molar-refractivity contribution >= 4 is 79.0 Å². The summed E-state index contributed by atoms with van der Waals surface area (Å²) in [5, 5.41) is -0.239. The Morgan fingerprint density at radius 1 is 0.429 bits per heavy atom. The highest BCUT2D eigenvalue weighted by atomic mass is 32.2. The van der Waals surface area contributed by atoms with Crippen molar-refractivity contribution in [2.24, 2.45) is 5.73 Å². The standard InChI is InChI=1S/C41H84.C20H37NO9P2S.C14H31NO7P2/c1-3-5-7-9-11-13-15-17-19-21-23-25-27-29-31-33-35-37-39-41-40-38-36-34-32-30-28-26-24-22-20-18-16-14-12-10-8-6-4-2;1-5-21-19(22)14-18(20(21)23)33-13-9-7-6-8-11-28-32(4,25)29-15-17-16(10-12-27-17)30-31(3,24)26-2;1-18-23(2,16)21-12-14-13(8-11-19-14)22-24(3,17)20-10-7-5-4-6-9-15/h3-41H2,1-2H3;16-18,24-25H,3-15H2,1-2H3;13-14,16-17H,2-12,15H2,1H3. The third kappa shape index (κ3) is 55.5. The zero-order chi connectivity index (χ0) is 72.1. The van der Waals surface area contributed by atoms with Gasteiger partial charge >= 0.3 is 0 Å². The number of hydrogen-bond donors (Lipinski definition) is 5. The number of nitrogens with zero attached hydrogens (tertiary/aromatic N) is 1. The summed E-state index contributed by atoms with van der Waals surface area (Å²) in [5.41, 5.74) is 5.43. The van der Waals surface area contributed by atoms with Gasteiger partial charge in [0.15, 0.2) is 0 Å². The van der Waals surface area contributed by atoms with E-state index < -0.39 is 54.7 Å². The highest BCUT2D eigenvalue weighted by Crippen LogP contribution is 2.49. The van der Waals surface area contributed by atoms with Crippen LogP contribution in [0.5, 0.6) is 0 Å². The third-order valence-corrected chi connectivity index (χ3v) is 24.5. The molecule has 0 radical (unpaired) electrons. The van der Waals surface area contributed by atoms with Crippen LogP contribution in [0.3, 0.4) is 0 Å². The first-order valence-corrected chi connectivity index (χ1v) is 47.7. The first kappa shape index (κ1) is 96.1. The molecule has 23 heteroatoms. The number of carbonyl (C=O) groups is 2. The van der Waals surface area contributed by atoms with Crippen molar-refractivity contribution < 1.29 is 74.8 Å². The molecule has 0 spiro atoms. The zero-order valence-corrected chi connectivity index (χ0v) is 67.7. The van der Waals surface area contributed by atoms with Crippen LogP contribution in [0.1, 0.15) is 342 Å². The maximum atomic E-state index is 12.1. The van der Waals surface area contributed by atoms with Gasteiger partial charge in [-0.3, -0.25) is 14.5 Å². The minimum atomic E-state index is -3.24. The summed E-state index contributed by atoms with van der Waals surface area (Å²) in [6.45, 7) is 9.27. The van der Waals surface area contributed by atoms with E-state index in [0.29, 0.717) is 58.8 Å². The molecule has 0 aliphatic carbocycles. The summed E-state index contributed by atoms with van der Waals surface area (Å²) >= 11 is 1.55. The lowest BCUT2D eigenvalue weighted by atomic mass is 10.0. The second-order valence-electron chi connectivity index (χ2n) is 27.6. The Morgan fingerprint density at radius 3 is 1.06 bits per heavy atom. The van der Waals surface area contributed by atoms with Gasteiger partial charge in [0.2, 0.25) is 42.1 Å². The zero-order valence-electron chi connectivity index (χ0n) is 63.3. The Hall–Kier alpha value is 0.0900. The van der Waals surface area contributed by atoms with Gasteiger partial charge in [-0.25, -0.2) is 0 Å². The molecule has 9 atom stereocenters. The number of unbranched alkanes of at least 4 members (excludes halogenated alkanes) is 44. The average Bonchev–Trinajstić information content (AvgIpc) is 1.70. The van der Waals surface area contributed by atoms with Crippen LogP contribution in [0.15, 0.2) is 0 Å². The first-order valence-electron chi connectivity index (χ1n) is 39.6. The molecule has 0 aromatic carbocycles. The molecular weight excluding hydrogens is 1340 g/mol. The summed E-state index contributed by atoms with van der Waals surface area (Å²) in [7, 11) is -9.98. The molecule has 3 aliphatic rings. The van der Waals surface area contributed by atoms with Crippen LogP contribution < -0.4 is 5.73 Å². The van der Waals surface area contributed by atoms with E-state index in [1.54, 1.807) is 11.8 Å². The lowest BCUT2D eigenvalue weighted by Gasteiger charge is -2.26. The van der Waals surface area contributed by atoms with Crippen LogP contribution in [0.4, 0.5) is 0 Å². The molecule has 3 rings (SSSR count). The summed E-state index contributed by atoms with van der Waals surface area (Å²) in [6, 6.07) is 0. The fourth-order valence-corrected chi connectivity index (χ4v) is 16.8. The lowest BCUT2D eigenvalue weighted by molar-refractivity contribution is -0.137. The van der Waals surface area contributed by atoms with Gasteiger partial charge in [-0.05, 0) is 70.1 Å². The third-order valence-electron chi connectivity index (χ3n) is 18.6. The van der Waals surface area contributed by atoms with E-state index in [4.69, 9.17) is 51.4 Å². The summed E-state index contributed by atoms with van der Waals surface area (Å²) in [6.07, 6.45) is 79.2. The number of carbonyl (C=O) groups excluding carboxylic acids is 2. The number of imide groups is 1. The number of hydrogen-bond acceptors (Lipinski definition) is 18. The number of ether oxygens (including phenoxy) is 2. The summed E-state index contributed by atoms with van der Waals surface area (Å²) in [5.74, 6) is 0.685. The molecule has 0 saturated carbocycles. The van der Waals surface area contributed by atoms with Gasteiger partial charge in [0.1, 0.15) is 12.2 Å². The van der Waals surface area contributed by atoms with Crippen molar-refractivity contribution in [1.82, 2.24) is 4.90 Å². The van der Waals surface area contributed by atoms with E-state index in [1.165, 1.54) is 270 Å². The smallest absolute Gasteiger partial charge is 0.248 e. The predicted octanol–water partition coefficient (Wildman–Crippen LogP) is 20.6. The van der Waals surface area contributed by atoms with Crippen LogP contribution in [-0.2, 0) is 55.3 Å². The average molecular weight is 1490 g/mol. The number of likely N-dealkylation sites (tertiary alicyclic amines) is 1. The normalized spacial score (nSPS) is 20.4. The van der Waals surface area contributed by atoms with E-state index in [2.05, 4.69) is 39.0 Å². The van der Waals surface area contributed by atoms with Gasteiger partial charge in [-0.2, -0.15) is 0 Å². The SMILES string of the molecule is C=P(O)(OC)OCC1OCCC1OP(=C)(O)OCCCCCCN.C=P(O)(OCCCCCCSC1CC(=O)N(CC)C1=O)OCC1OCCC1OP(=C)(O)OC.CCCCCCCCCCCCCCCCCCCCCCCCCCCCCCCCCCCCCCCCC. The molecule has 584 valence electrons. The number of rotatable bonds is 67. The van der Waals surface area contributed by atoms with E-state index >= 15 is 0 Å². The number of thioether (sulfide) groups is 1. The quantitative estimate of drug-likeness (QED) is 0.0216. The van der Waals surface area contributed by atoms with E-state index in [9.17, 15) is 29.2 Å². The fraction of sp³-hybridized carbons (Fsp3) is 0.920.